The van der Waals surface area contributed by atoms with Gasteiger partial charge in [-0.25, -0.2) is 4.39 Å². The van der Waals surface area contributed by atoms with Gasteiger partial charge >= 0.3 is 0 Å². The van der Waals surface area contributed by atoms with Crippen LogP contribution in [0.25, 0.3) is 0 Å². The smallest absolute Gasteiger partial charge is 0.241 e. The van der Waals surface area contributed by atoms with Crippen LogP contribution < -0.4 is 16.4 Å². The zero-order chi connectivity index (χ0) is 13.7. The number of hydrogen-bond donors (Lipinski definition) is 3. The largest absolute Gasteiger partial charge is 0.326 e. The van der Waals surface area contributed by atoms with Gasteiger partial charge in [-0.1, -0.05) is 6.92 Å². The average Bonchev–Trinajstić information content (AvgIpc) is 2.31. The highest BCUT2D eigenvalue weighted by molar-refractivity contribution is 5.96. The zero-order valence-electron chi connectivity index (χ0n) is 10.3. The highest BCUT2D eigenvalue weighted by atomic mass is 19.1. The molecule has 1 aromatic carbocycles. The molecule has 0 aliphatic heterocycles. The van der Waals surface area contributed by atoms with Gasteiger partial charge in [0.25, 0.3) is 0 Å². The molecule has 98 valence electrons. The summed E-state index contributed by atoms with van der Waals surface area (Å²) in [6.07, 6.45) is 0.457. The lowest BCUT2D eigenvalue weighted by atomic mass is 10.2. The first-order valence-electron chi connectivity index (χ1n) is 5.57. The van der Waals surface area contributed by atoms with Crippen molar-refractivity contribution in [2.24, 2.45) is 5.73 Å². The van der Waals surface area contributed by atoms with Gasteiger partial charge in [0.2, 0.25) is 11.8 Å². The second kappa shape index (κ2) is 6.11. The third kappa shape index (κ3) is 3.81. The predicted molar refractivity (Wildman–Crippen MR) is 67.6 cm³/mol. The van der Waals surface area contributed by atoms with Gasteiger partial charge in [0.15, 0.2) is 0 Å². The Morgan fingerprint density at radius 3 is 2.61 bits per heavy atom. The predicted octanol–water partition coefficient (Wildman–Crippen LogP) is 1.46. The number of hydrogen-bond acceptors (Lipinski definition) is 3. The molecular formula is C12H16FN3O2. The van der Waals surface area contributed by atoms with Crippen LogP contribution in [0.15, 0.2) is 18.2 Å². The van der Waals surface area contributed by atoms with E-state index in [0.717, 1.165) is 0 Å². The number of nitrogens with one attached hydrogen (secondary N) is 2. The van der Waals surface area contributed by atoms with E-state index in [1.807, 2.05) is 0 Å². The lowest BCUT2D eigenvalue weighted by molar-refractivity contribution is -0.117. The van der Waals surface area contributed by atoms with E-state index < -0.39 is 17.8 Å². The minimum atomic E-state index is -0.686. The normalized spacial score (nSPS) is 11.8. The Bertz CT molecular complexity index is 463. The van der Waals surface area contributed by atoms with Crippen LogP contribution in [0.5, 0.6) is 0 Å². The summed E-state index contributed by atoms with van der Waals surface area (Å²) in [5.41, 5.74) is 5.93. The fraction of sp³-hybridized carbons (Fsp3) is 0.333. The van der Waals surface area contributed by atoms with E-state index in [2.05, 4.69) is 10.6 Å². The Labute approximate surface area is 105 Å². The number of nitrogens with two attached hydrogens (primary N) is 1. The van der Waals surface area contributed by atoms with Crippen LogP contribution in [0.4, 0.5) is 15.8 Å². The molecule has 6 heteroatoms. The van der Waals surface area contributed by atoms with E-state index in [9.17, 15) is 14.0 Å². The Morgan fingerprint density at radius 1 is 1.39 bits per heavy atom. The standard InChI is InChI=1S/C12H16FN3O2/c1-3-10(14)12(18)16-11-6-8(15-7(2)17)4-5-9(11)13/h4-6,10H,3,14H2,1-2H3,(H,15,17)(H,16,18)/t10-/m0/s1. The molecule has 4 N–H and O–H groups in total. The number of halogens is 1. The lowest BCUT2D eigenvalue weighted by Crippen LogP contribution is -2.35. The summed E-state index contributed by atoms with van der Waals surface area (Å²) in [6.45, 7) is 3.10. The minimum absolute atomic E-state index is 0.00449. The molecule has 18 heavy (non-hydrogen) atoms. The number of carbonyl (C=O) groups excluding carboxylic acids is 2. The number of rotatable bonds is 4. The first-order chi connectivity index (χ1) is 8.43. The molecule has 0 unspecified atom stereocenters. The quantitative estimate of drug-likeness (QED) is 0.759. The molecule has 0 aromatic heterocycles. The summed E-state index contributed by atoms with van der Waals surface area (Å²) in [5.74, 6) is -1.32. The summed E-state index contributed by atoms with van der Waals surface area (Å²) < 4.78 is 13.5. The molecule has 0 bridgehead atoms. The summed E-state index contributed by atoms with van der Waals surface area (Å²) in [5, 5.41) is 4.88. The van der Waals surface area contributed by atoms with Crippen LogP contribution in [0.3, 0.4) is 0 Å². The van der Waals surface area contributed by atoms with Gasteiger partial charge in [-0.15, -0.1) is 0 Å². The van der Waals surface area contributed by atoms with Crippen molar-refractivity contribution >= 4 is 23.2 Å². The van der Waals surface area contributed by atoms with Gasteiger partial charge in [-0.05, 0) is 24.6 Å². The average molecular weight is 253 g/mol. The second-order valence-electron chi connectivity index (χ2n) is 3.88. The van der Waals surface area contributed by atoms with Crippen LogP contribution >= 0.6 is 0 Å². The second-order valence-corrected chi connectivity index (χ2v) is 3.88. The topological polar surface area (TPSA) is 84.2 Å². The van der Waals surface area contributed by atoms with E-state index in [4.69, 9.17) is 5.73 Å². The molecule has 0 saturated heterocycles. The lowest BCUT2D eigenvalue weighted by Gasteiger charge is -2.12. The third-order valence-corrected chi connectivity index (χ3v) is 2.32. The summed E-state index contributed by atoms with van der Waals surface area (Å²) in [6, 6.07) is 3.23. The molecule has 0 fully saturated rings. The van der Waals surface area contributed by atoms with E-state index in [0.29, 0.717) is 12.1 Å². The van der Waals surface area contributed by atoms with Gasteiger partial charge < -0.3 is 16.4 Å². The van der Waals surface area contributed by atoms with E-state index in [-0.39, 0.29) is 11.6 Å². The minimum Gasteiger partial charge on any atom is -0.326 e. The number of anilines is 2. The molecule has 0 spiro atoms. The van der Waals surface area contributed by atoms with E-state index >= 15 is 0 Å². The van der Waals surface area contributed by atoms with Gasteiger partial charge in [-0.2, -0.15) is 0 Å². The van der Waals surface area contributed by atoms with Crippen LogP contribution in [-0.4, -0.2) is 17.9 Å². The molecule has 5 nitrogen and oxygen atoms in total. The van der Waals surface area contributed by atoms with Crippen molar-refractivity contribution in [1.29, 1.82) is 0 Å². The van der Waals surface area contributed by atoms with Crippen molar-refractivity contribution in [2.45, 2.75) is 26.3 Å². The fourth-order valence-electron chi connectivity index (χ4n) is 1.31. The molecule has 1 aromatic rings. The van der Waals surface area contributed by atoms with Crippen LogP contribution in [0.2, 0.25) is 0 Å². The first kappa shape index (κ1) is 14.1. The Kier molecular flexibility index (Phi) is 4.79. The van der Waals surface area contributed by atoms with Crippen LogP contribution in [0.1, 0.15) is 20.3 Å². The first-order valence-corrected chi connectivity index (χ1v) is 5.57. The molecule has 0 heterocycles. The highest BCUT2D eigenvalue weighted by Gasteiger charge is 2.13. The SMILES string of the molecule is CC[C@H](N)C(=O)Nc1cc(NC(C)=O)ccc1F. The molecule has 0 aliphatic carbocycles. The van der Waals surface area contributed by atoms with E-state index in [1.165, 1.54) is 25.1 Å². The van der Waals surface area contributed by atoms with Gasteiger partial charge in [0.1, 0.15) is 5.82 Å². The Morgan fingerprint density at radius 2 is 2.06 bits per heavy atom. The maximum atomic E-state index is 13.5. The van der Waals surface area contributed by atoms with Crippen molar-refractivity contribution < 1.29 is 14.0 Å². The highest BCUT2D eigenvalue weighted by Crippen LogP contribution is 2.19. The maximum absolute atomic E-state index is 13.5. The van der Waals surface area contributed by atoms with Gasteiger partial charge in [0.05, 0.1) is 11.7 Å². The number of carbonyl (C=O) groups is 2. The molecule has 0 aliphatic rings. The third-order valence-electron chi connectivity index (χ3n) is 2.32. The van der Waals surface area contributed by atoms with Crippen molar-refractivity contribution in [3.63, 3.8) is 0 Å². The zero-order valence-corrected chi connectivity index (χ0v) is 10.3. The maximum Gasteiger partial charge on any atom is 0.241 e. The number of amides is 2. The van der Waals surface area contributed by atoms with Crippen molar-refractivity contribution in [1.82, 2.24) is 0 Å². The fourth-order valence-corrected chi connectivity index (χ4v) is 1.31. The van der Waals surface area contributed by atoms with Gasteiger partial charge in [-0.3, -0.25) is 9.59 Å². The van der Waals surface area contributed by atoms with Gasteiger partial charge in [0, 0.05) is 12.6 Å². The molecule has 1 atom stereocenters. The molecule has 0 saturated carbocycles. The molecule has 0 radical (unpaired) electrons. The summed E-state index contributed by atoms with van der Waals surface area (Å²) in [4.78, 5) is 22.4. The van der Waals surface area contributed by atoms with Crippen molar-refractivity contribution in [2.75, 3.05) is 10.6 Å². The monoisotopic (exact) mass is 253 g/mol. The molecule has 1 rings (SSSR count). The molecule has 2 amide bonds. The van der Waals surface area contributed by atoms with E-state index in [1.54, 1.807) is 6.92 Å². The van der Waals surface area contributed by atoms with Crippen LogP contribution in [0, 0.1) is 5.82 Å². The summed E-state index contributed by atoms with van der Waals surface area (Å²) in [7, 11) is 0. The summed E-state index contributed by atoms with van der Waals surface area (Å²) >= 11 is 0. The Balaban J connectivity index is 2.87. The van der Waals surface area contributed by atoms with Crippen molar-refractivity contribution in [3.8, 4) is 0 Å². The Hall–Kier alpha value is -1.95. The molecular weight excluding hydrogens is 237 g/mol. The van der Waals surface area contributed by atoms with Crippen LogP contribution in [-0.2, 0) is 9.59 Å². The van der Waals surface area contributed by atoms with Crippen molar-refractivity contribution in [3.05, 3.63) is 24.0 Å². The number of benzene rings is 1.